The molecular weight excluding hydrogens is 774 g/mol. The second kappa shape index (κ2) is 17.7. The van der Waals surface area contributed by atoms with Gasteiger partial charge in [-0.25, -0.2) is 14.4 Å². The fraction of sp³-hybridized carbons (Fsp3) is 0.468. The first-order valence-electron chi connectivity index (χ1n) is 22.1. The topological polar surface area (TPSA) is 147 Å². The van der Waals surface area contributed by atoms with E-state index in [9.17, 15) is 19.2 Å². The van der Waals surface area contributed by atoms with Crippen molar-refractivity contribution in [2.75, 3.05) is 38.0 Å². The number of piperidine rings is 3. The lowest BCUT2D eigenvalue weighted by Crippen LogP contribution is -2.44. The number of pyridine rings is 1. The predicted molar refractivity (Wildman–Crippen MR) is 231 cm³/mol. The summed E-state index contributed by atoms with van der Waals surface area (Å²) >= 11 is 0. The molecule has 3 atom stereocenters. The molecular formula is C47H54FN9O4. The van der Waals surface area contributed by atoms with Crippen LogP contribution < -0.4 is 16.2 Å². The molecule has 0 bridgehead atoms. The molecule has 3 aliphatic heterocycles. The predicted octanol–water partition coefficient (Wildman–Crippen LogP) is 6.32. The molecule has 0 spiro atoms. The SMILES string of the molecule is Cn1nc(C2CCC(=O)NC2=O)c2ccc(C3CCN(CCC4CCN(C(=O)C5CCCC(Nc6ncc(F)c(-c7cccc(-n8ccccc8=O)c7)n6)C5)CC4)CC3)cc21. The Kier molecular flexibility index (Phi) is 11.8. The van der Waals surface area contributed by atoms with Crippen LogP contribution in [0, 0.1) is 17.7 Å². The molecule has 4 fully saturated rings. The molecule has 4 aliphatic rings. The first kappa shape index (κ1) is 40.6. The molecule has 318 valence electrons. The highest BCUT2D eigenvalue weighted by Crippen LogP contribution is 2.36. The minimum Gasteiger partial charge on any atom is -0.351 e. The van der Waals surface area contributed by atoms with Crippen molar-refractivity contribution < 1.29 is 18.8 Å². The van der Waals surface area contributed by atoms with Gasteiger partial charge in [0.05, 0.1) is 23.3 Å². The first-order chi connectivity index (χ1) is 29.7. The lowest BCUT2D eigenvalue weighted by molar-refractivity contribution is -0.138. The zero-order valence-electron chi connectivity index (χ0n) is 34.8. The number of imide groups is 1. The van der Waals surface area contributed by atoms with Crippen LogP contribution >= 0.6 is 0 Å². The Balaban J connectivity index is 0.728. The van der Waals surface area contributed by atoms with Crippen molar-refractivity contribution in [3.63, 3.8) is 0 Å². The molecule has 1 saturated carbocycles. The fourth-order valence-corrected chi connectivity index (χ4v) is 10.1. The summed E-state index contributed by atoms with van der Waals surface area (Å²) in [5.74, 6) is 0.204. The number of nitrogens with zero attached hydrogens (tertiary/aromatic N) is 7. The van der Waals surface area contributed by atoms with Crippen molar-refractivity contribution >= 4 is 34.6 Å². The van der Waals surface area contributed by atoms with E-state index in [0.29, 0.717) is 48.3 Å². The number of nitrogens with one attached hydrogen (secondary N) is 2. The summed E-state index contributed by atoms with van der Waals surface area (Å²) in [6.45, 7) is 4.83. The number of amides is 3. The summed E-state index contributed by atoms with van der Waals surface area (Å²) in [5.41, 5.74) is 4.25. The second-order valence-corrected chi connectivity index (χ2v) is 17.5. The number of fused-ring (bicyclic) bond motifs is 1. The molecule has 3 aromatic heterocycles. The summed E-state index contributed by atoms with van der Waals surface area (Å²) < 4.78 is 18.5. The lowest BCUT2D eigenvalue weighted by atomic mass is 9.84. The van der Waals surface area contributed by atoms with E-state index in [4.69, 9.17) is 5.10 Å². The van der Waals surface area contributed by atoms with E-state index >= 15 is 4.39 Å². The Bertz CT molecular complexity index is 2490. The van der Waals surface area contributed by atoms with Crippen molar-refractivity contribution in [2.24, 2.45) is 18.9 Å². The number of benzene rings is 2. The van der Waals surface area contributed by atoms with Gasteiger partial charge in [-0.1, -0.05) is 36.8 Å². The second-order valence-electron chi connectivity index (χ2n) is 17.5. The maximum absolute atomic E-state index is 15.1. The van der Waals surface area contributed by atoms with Gasteiger partial charge in [0.25, 0.3) is 5.56 Å². The van der Waals surface area contributed by atoms with E-state index in [1.54, 1.807) is 42.6 Å². The molecule has 3 saturated heterocycles. The summed E-state index contributed by atoms with van der Waals surface area (Å²) in [4.78, 5) is 64.0. The number of likely N-dealkylation sites (tertiary alicyclic amines) is 2. The number of anilines is 1. The molecule has 2 N–H and O–H groups in total. The maximum Gasteiger partial charge on any atom is 0.255 e. The molecule has 0 radical (unpaired) electrons. The third-order valence-electron chi connectivity index (χ3n) is 13.6. The quantitative estimate of drug-likeness (QED) is 0.155. The van der Waals surface area contributed by atoms with Gasteiger partial charge in [0.15, 0.2) is 5.82 Å². The van der Waals surface area contributed by atoms with Crippen LogP contribution in [0.3, 0.4) is 0 Å². The van der Waals surface area contributed by atoms with Gasteiger partial charge in [-0.05, 0) is 119 Å². The van der Waals surface area contributed by atoms with Gasteiger partial charge in [0, 0.05) is 67.4 Å². The van der Waals surface area contributed by atoms with Crippen LogP contribution in [-0.2, 0) is 21.4 Å². The van der Waals surface area contributed by atoms with Gasteiger partial charge in [-0.2, -0.15) is 5.10 Å². The molecule has 2 aromatic carbocycles. The molecule has 14 heteroatoms. The van der Waals surface area contributed by atoms with Crippen LogP contribution in [0.25, 0.3) is 27.8 Å². The highest BCUT2D eigenvalue weighted by molar-refractivity contribution is 6.02. The average molecular weight is 828 g/mol. The number of hydrogen-bond donors (Lipinski definition) is 2. The minimum absolute atomic E-state index is 0.00724. The third kappa shape index (κ3) is 8.86. The average Bonchev–Trinajstić information content (AvgIpc) is 3.61. The maximum atomic E-state index is 15.1. The van der Waals surface area contributed by atoms with Crippen LogP contribution in [0.5, 0.6) is 0 Å². The van der Waals surface area contributed by atoms with Gasteiger partial charge in [-0.3, -0.25) is 33.7 Å². The smallest absolute Gasteiger partial charge is 0.255 e. The molecule has 13 nitrogen and oxygen atoms in total. The van der Waals surface area contributed by atoms with E-state index in [1.165, 1.54) is 22.4 Å². The van der Waals surface area contributed by atoms with E-state index in [1.807, 2.05) is 11.7 Å². The Morgan fingerprint density at radius 2 is 1.75 bits per heavy atom. The Labute approximate surface area is 354 Å². The van der Waals surface area contributed by atoms with Crippen molar-refractivity contribution in [1.29, 1.82) is 0 Å². The molecule has 3 unspecified atom stereocenters. The standard InChI is InChI=1S/C47H54FN9O4/c1-54-40-28-32(11-12-37(40)44(53-54)38-13-14-41(58)51-45(38)60)31-18-22-55(23-19-31)21-15-30-16-24-56(25-17-30)46(61)34-7-4-8-35(26-34)50-47-49-29-39(48)43(52-47)33-6-5-9-36(27-33)57-20-3-2-10-42(57)59/h2-3,5-6,9-12,20,27-31,34-35,38H,4,7-8,13-19,21-26H2,1H3,(H,49,50,52)(H,51,58,60). The Morgan fingerprint density at radius 1 is 0.918 bits per heavy atom. The highest BCUT2D eigenvalue weighted by atomic mass is 19.1. The summed E-state index contributed by atoms with van der Waals surface area (Å²) in [7, 11) is 1.93. The largest absolute Gasteiger partial charge is 0.351 e. The number of carbonyl (C=O) groups is 3. The Hall–Kier alpha value is -5.76. The molecule has 9 rings (SSSR count). The van der Waals surface area contributed by atoms with Crippen LogP contribution in [0.2, 0.25) is 0 Å². The van der Waals surface area contributed by atoms with Gasteiger partial charge in [0.1, 0.15) is 5.69 Å². The molecule has 61 heavy (non-hydrogen) atoms. The zero-order valence-corrected chi connectivity index (χ0v) is 34.8. The first-order valence-corrected chi connectivity index (χ1v) is 22.1. The van der Waals surface area contributed by atoms with Crippen LogP contribution in [-0.4, -0.2) is 90.6 Å². The molecule has 5 aromatic rings. The van der Waals surface area contributed by atoms with Crippen molar-refractivity contribution in [3.8, 4) is 16.9 Å². The van der Waals surface area contributed by atoms with Crippen molar-refractivity contribution in [1.82, 2.24) is 39.4 Å². The van der Waals surface area contributed by atoms with Crippen LogP contribution in [0.1, 0.15) is 93.7 Å². The summed E-state index contributed by atoms with van der Waals surface area (Å²) in [5, 5.41) is 11.6. The zero-order chi connectivity index (χ0) is 42.0. The van der Waals surface area contributed by atoms with Crippen molar-refractivity contribution in [3.05, 3.63) is 100 Å². The number of halogens is 1. The van der Waals surface area contributed by atoms with Gasteiger partial charge >= 0.3 is 0 Å². The lowest BCUT2D eigenvalue weighted by Gasteiger charge is -2.38. The van der Waals surface area contributed by atoms with E-state index < -0.39 is 11.7 Å². The molecule has 6 heterocycles. The van der Waals surface area contributed by atoms with Gasteiger partial charge in [0.2, 0.25) is 23.7 Å². The molecule has 1 aliphatic carbocycles. The van der Waals surface area contributed by atoms with Crippen molar-refractivity contribution in [2.45, 2.75) is 88.5 Å². The van der Waals surface area contributed by atoms with E-state index in [2.05, 4.69) is 48.6 Å². The number of rotatable bonds is 10. The van der Waals surface area contributed by atoms with E-state index in [-0.39, 0.29) is 40.9 Å². The Morgan fingerprint density at radius 3 is 2.56 bits per heavy atom. The molecule has 3 amide bonds. The normalized spacial score (nSPS) is 22.1. The van der Waals surface area contributed by atoms with Crippen LogP contribution in [0.15, 0.2) is 77.9 Å². The summed E-state index contributed by atoms with van der Waals surface area (Å²) in [6.07, 6.45) is 12.5. The number of aryl methyl sites for hydroxylation is 1. The number of aromatic nitrogens is 5. The third-order valence-corrected chi connectivity index (χ3v) is 13.6. The fourth-order valence-electron chi connectivity index (χ4n) is 10.1. The van der Waals surface area contributed by atoms with E-state index in [0.717, 1.165) is 101 Å². The summed E-state index contributed by atoms with van der Waals surface area (Å²) in [6, 6.07) is 18.6. The van der Waals surface area contributed by atoms with Gasteiger partial charge < -0.3 is 15.1 Å². The highest BCUT2D eigenvalue weighted by Gasteiger charge is 2.34. The monoisotopic (exact) mass is 827 g/mol. The number of hydrogen-bond acceptors (Lipinski definition) is 9. The number of carbonyl (C=O) groups excluding carboxylic acids is 3. The van der Waals surface area contributed by atoms with Gasteiger partial charge in [-0.15, -0.1) is 0 Å². The van der Waals surface area contributed by atoms with Crippen LogP contribution in [0.4, 0.5) is 10.3 Å². The minimum atomic E-state index is -0.548.